The highest BCUT2D eigenvalue weighted by atomic mass is 16.2. The fourth-order valence-corrected chi connectivity index (χ4v) is 3.28. The summed E-state index contributed by atoms with van der Waals surface area (Å²) in [5, 5.41) is 12.1. The number of rotatable bonds is 3. The van der Waals surface area contributed by atoms with Crippen molar-refractivity contribution in [3.63, 3.8) is 0 Å². The Morgan fingerprint density at radius 2 is 2.13 bits per heavy atom. The Balaban J connectivity index is 1.74. The van der Waals surface area contributed by atoms with E-state index in [1.165, 1.54) is 0 Å². The molecule has 1 aliphatic heterocycles. The molecule has 0 aromatic heterocycles. The second-order valence-electron chi connectivity index (χ2n) is 6.66. The molecule has 2 fully saturated rings. The molecule has 0 bridgehead atoms. The first-order valence-corrected chi connectivity index (χ1v) is 8.06. The van der Waals surface area contributed by atoms with E-state index in [1.807, 2.05) is 32.0 Å². The Labute approximate surface area is 136 Å². The van der Waals surface area contributed by atoms with E-state index in [0.717, 1.165) is 23.2 Å². The van der Waals surface area contributed by atoms with Crippen LogP contribution in [0.3, 0.4) is 0 Å². The van der Waals surface area contributed by atoms with Gasteiger partial charge >= 0.3 is 0 Å². The molecule has 1 N–H and O–H groups in total. The van der Waals surface area contributed by atoms with Gasteiger partial charge in [-0.15, -0.1) is 0 Å². The lowest BCUT2D eigenvalue weighted by Crippen LogP contribution is -2.54. The van der Waals surface area contributed by atoms with E-state index in [1.54, 1.807) is 4.90 Å². The zero-order valence-corrected chi connectivity index (χ0v) is 13.6. The molecule has 5 nitrogen and oxygen atoms in total. The summed E-state index contributed by atoms with van der Waals surface area (Å²) in [6.07, 6.45) is 2.58. The molecule has 1 aliphatic carbocycles. The average Bonchev–Trinajstić information content (AvgIpc) is 2.87. The maximum Gasteiger partial charge on any atom is 0.227 e. The Kier molecular flexibility index (Phi) is 3.85. The highest BCUT2D eigenvalue weighted by molar-refractivity contribution is 6.01. The third-order valence-corrected chi connectivity index (χ3v) is 5.15. The molecular formula is C18H21N3O2. The Morgan fingerprint density at radius 1 is 1.39 bits per heavy atom. The average molecular weight is 311 g/mol. The van der Waals surface area contributed by atoms with Crippen molar-refractivity contribution >= 4 is 17.5 Å². The first kappa shape index (κ1) is 15.5. The van der Waals surface area contributed by atoms with E-state index < -0.39 is 5.54 Å². The van der Waals surface area contributed by atoms with Gasteiger partial charge in [-0.2, -0.15) is 5.26 Å². The normalized spacial score (nSPS) is 22.4. The zero-order chi connectivity index (χ0) is 16.6. The predicted molar refractivity (Wildman–Crippen MR) is 86.7 cm³/mol. The van der Waals surface area contributed by atoms with Gasteiger partial charge in [0.05, 0.1) is 12.0 Å². The summed E-state index contributed by atoms with van der Waals surface area (Å²) in [6, 6.07) is 8.07. The molecule has 5 heteroatoms. The van der Waals surface area contributed by atoms with Gasteiger partial charge in [0.2, 0.25) is 11.8 Å². The Hall–Kier alpha value is -2.35. The monoisotopic (exact) mass is 311 g/mol. The van der Waals surface area contributed by atoms with Crippen LogP contribution in [0.25, 0.3) is 0 Å². The first-order valence-electron chi connectivity index (χ1n) is 8.06. The van der Waals surface area contributed by atoms with Crippen molar-refractivity contribution in [3.8, 4) is 6.07 Å². The summed E-state index contributed by atoms with van der Waals surface area (Å²) in [5.74, 6) is -0.584. The van der Waals surface area contributed by atoms with Crippen molar-refractivity contribution in [2.24, 2.45) is 5.92 Å². The molecule has 120 valence electrons. The van der Waals surface area contributed by atoms with Gasteiger partial charge in [-0.1, -0.05) is 12.1 Å². The standard InChI is InChI=1S/C18H21N3O2/c1-12-5-3-6-15(13(12)2)21-10-14(9-16(21)22)17(23)20-18(11-19)7-4-8-18/h3,5-6,14H,4,7-10H2,1-2H3,(H,20,23)/t14-/m1/s1. The van der Waals surface area contributed by atoms with Crippen LogP contribution in [0.1, 0.15) is 36.8 Å². The van der Waals surface area contributed by atoms with E-state index >= 15 is 0 Å². The smallest absolute Gasteiger partial charge is 0.227 e. The molecule has 0 spiro atoms. The van der Waals surface area contributed by atoms with Crippen molar-refractivity contribution in [1.82, 2.24) is 5.32 Å². The highest BCUT2D eigenvalue weighted by Gasteiger charge is 2.42. The number of nitrogens with zero attached hydrogens (tertiary/aromatic N) is 2. The fraction of sp³-hybridized carbons (Fsp3) is 0.500. The van der Waals surface area contributed by atoms with Crippen molar-refractivity contribution in [2.45, 2.75) is 45.1 Å². The molecule has 23 heavy (non-hydrogen) atoms. The van der Waals surface area contributed by atoms with Crippen LogP contribution in [0, 0.1) is 31.1 Å². The van der Waals surface area contributed by atoms with Crippen molar-refractivity contribution in [2.75, 3.05) is 11.4 Å². The number of carbonyl (C=O) groups is 2. The van der Waals surface area contributed by atoms with Gasteiger partial charge in [0, 0.05) is 18.7 Å². The molecule has 1 saturated carbocycles. The molecule has 2 amide bonds. The number of anilines is 1. The topological polar surface area (TPSA) is 73.2 Å². The van der Waals surface area contributed by atoms with Gasteiger partial charge < -0.3 is 10.2 Å². The molecule has 0 unspecified atom stereocenters. The SMILES string of the molecule is Cc1cccc(N2C[C@H](C(=O)NC3(C#N)CCC3)CC2=O)c1C. The van der Waals surface area contributed by atoms with E-state index in [-0.39, 0.29) is 24.2 Å². The minimum atomic E-state index is -0.702. The van der Waals surface area contributed by atoms with Gasteiger partial charge in [0.25, 0.3) is 0 Å². The number of aryl methyl sites for hydroxylation is 1. The van der Waals surface area contributed by atoms with E-state index in [9.17, 15) is 14.9 Å². The number of benzene rings is 1. The molecule has 3 rings (SSSR count). The molecule has 1 heterocycles. The van der Waals surface area contributed by atoms with Gasteiger partial charge in [-0.3, -0.25) is 9.59 Å². The molecule has 2 aliphatic rings. The van der Waals surface area contributed by atoms with Crippen molar-refractivity contribution < 1.29 is 9.59 Å². The Morgan fingerprint density at radius 3 is 2.74 bits per heavy atom. The third kappa shape index (κ3) is 2.70. The summed E-state index contributed by atoms with van der Waals surface area (Å²) in [4.78, 5) is 26.5. The van der Waals surface area contributed by atoms with Crippen LogP contribution < -0.4 is 10.2 Å². The Bertz CT molecular complexity index is 701. The van der Waals surface area contributed by atoms with Crippen LogP contribution in [0.4, 0.5) is 5.69 Å². The summed E-state index contributed by atoms with van der Waals surface area (Å²) < 4.78 is 0. The number of nitriles is 1. The van der Waals surface area contributed by atoms with Crippen LogP contribution >= 0.6 is 0 Å². The van der Waals surface area contributed by atoms with Crippen LogP contribution in [0.2, 0.25) is 0 Å². The number of carbonyl (C=O) groups excluding carboxylic acids is 2. The minimum Gasteiger partial charge on any atom is -0.338 e. The van der Waals surface area contributed by atoms with Crippen LogP contribution in [0.15, 0.2) is 18.2 Å². The van der Waals surface area contributed by atoms with Crippen molar-refractivity contribution in [1.29, 1.82) is 5.26 Å². The first-order chi connectivity index (χ1) is 11.0. The van der Waals surface area contributed by atoms with Crippen molar-refractivity contribution in [3.05, 3.63) is 29.3 Å². The quantitative estimate of drug-likeness (QED) is 0.930. The molecule has 0 radical (unpaired) electrons. The summed E-state index contributed by atoms with van der Waals surface area (Å²) >= 11 is 0. The minimum absolute atomic E-state index is 0.0292. The van der Waals surface area contributed by atoms with Gasteiger partial charge in [-0.25, -0.2) is 0 Å². The summed E-state index contributed by atoms with van der Waals surface area (Å²) in [5.41, 5.74) is 2.37. The van der Waals surface area contributed by atoms with E-state index in [2.05, 4.69) is 11.4 Å². The lowest BCUT2D eigenvalue weighted by molar-refractivity contribution is -0.128. The maximum absolute atomic E-state index is 12.4. The largest absolute Gasteiger partial charge is 0.338 e. The van der Waals surface area contributed by atoms with Gasteiger partial charge in [0.15, 0.2) is 0 Å². The highest BCUT2D eigenvalue weighted by Crippen LogP contribution is 2.33. The van der Waals surface area contributed by atoms with Gasteiger partial charge in [0.1, 0.15) is 5.54 Å². The summed E-state index contributed by atoms with van der Waals surface area (Å²) in [6.45, 7) is 4.39. The number of hydrogen-bond acceptors (Lipinski definition) is 3. The van der Waals surface area contributed by atoms with Crippen LogP contribution in [-0.2, 0) is 9.59 Å². The number of hydrogen-bond donors (Lipinski definition) is 1. The fourth-order valence-electron chi connectivity index (χ4n) is 3.28. The molecule has 1 aromatic rings. The van der Waals surface area contributed by atoms with Crippen LogP contribution in [-0.4, -0.2) is 23.9 Å². The number of nitrogens with one attached hydrogen (secondary N) is 1. The molecule has 1 aromatic carbocycles. The van der Waals surface area contributed by atoms with E-state index in [4.69, 9.17) is 0 Å². The van der Waals surface area contributed by atoms with Gasteiger partial charge in [-0.05, 0) is 50.3 Å². The molecule has 1 saturated heterocycles. The second-order valence-corrected chi connectivity index (χ2v) is 6.66. The number of amides is 2. The molecule has 1 atom stereocenters. The summed E-state index contributed by atoms with van der Waals surface area (Å²) in [7, 11) is 0. The lowest BCUT2D eigenvalue weighted by atomic mass is 9.77. The van der Waals surface area contributed by atoms with E-state index in [0.29, 0.717) is 19.4 Å². The second kappa shape index (κ2) is 5.69. The molecular weight excluding hydrogens is 290 g/mol. The zero-order valence-electron chi connectivity index (χ0n) is 13.6. The predicted octanol–water partition coefficient (Wildman–Crippen LogP) is 2.22. The lowest BCUT2D eigenvalue weighted by Gasteiger charge is -2.36. The third-order valence-electron chi connectivity index (χ3n) is 5.15. The van der Waals surface area contributed by atoms with Crippen LogP contribution in [0.5, 0.6) is 0 Å². The maximum atomic E-state index is 12.4.